The van der Waals surface area contributed by atoms with E-state index in [0.29, 0.717) is 6.04 Å². The Morgan fingerprint density at radius 1 is 1.22 bits per heavy atom. The molecule has 5 rings (SSSR count). The van der Waals surface area contributed by atoms with Crippen LogP contribution in [0.4, 0.5) is 0 Å². The Morgan fingerprint density at radius 3 is 2.85 bits per heavy atom. The highest BCUT2D eigenvalue weighted by atomic mass is 16.2. The van der Waals surface area contributed by atoms with Crippen molar-refractivity contribution in [2.24, 2.45) is 0 Å². The number of aryl methyl sites for hydroxylation is 1. The van der Waals surface area contributed by atoms with Crippen LogP contribution < -0.4 is 0 Å². The van der Waals surface area contributed by atoms with E-state index in [0.717, 1.165) is 48.6 Å². The summed E-state index contributed by atoms with van der Waals surface area (Å²) in [5, 5.41) is 12.8. The predicted octanol–water partition coefficient (Wildman–Crippen LogP) is 3.50. The van der Waals surface area contributed by atoms with Crippen molar-refractivity contribution >= 4 is 16.8 Å². The van der Waals surface area contributed by atoms with Gasteiger partial charge in [-0.25, -0.2) is 0 Å². The van der Waals surface area contributed by atoms with Crippen molar-refractivity contribution in [1.29, 1.82) is 0 Å². The van der Waals surface area contributed by atoms with Gasteiger partial charge in [0, 0.05) is 29.2 Å². The number of amides is 1. The van der Waals surface area contributed by atoms with E-state index in [-0.39, 0.29) is 18.0 Å². The number of nitrogens with one attached hydrogen (secondary N) is 1. The van der Waals surface area contributed by atoms with Gasteiger partial charge in [-0.3, -0.25) is 14.6 Å². The number of carbonyl (C=O) groups is 1. The molecule has 0 bridgehead atoms. The monoisotopic (exact) mass is 363 g/mol. The normalized spacial score (nSPS) is 19.4. The zero-order chi connectivity index (χ0) is 18.5. The Balaban J connectivity index is 1.51. The standard InChI is InChI=1S/C21H25N5O/c1-13(2)26-20-5-3-4-17(18(20)12-23-26)21(27)25(15-6-7-15)16-8-9-19-14(10-16)11-22-24-19/h3-5,11-13,15-16H,6-10H2,1-2H3,(H,22,24). The predicted molar refractivity (Wildman–Crippen MR) is 104 cm³/mol. The van der Waals surface area contributed by atoms with E-state index < -0.39 is 0 Å². The van der Waals surface area contributed by atoms with Gasteiger partial charge in [0.2, 0.25) is 0 Å². The molecule has 2 aliphatic carbocycles. The molecule has 6 heteroatoms. The third kappa shape index (κ3) is 2.74. The van der Waals surface area contributed by atoms with Crippen molar-refractivity contribution in [1.82, 2.24) is 24.9 Å². The zero-order valence-electron chi connectivity index (χ0n) is 15.9. The van der Waals surface area contributed by atoms with Crippen LogP contribution in [0.1, 0.15) is 60.8 Å². The molecule has 0 aliphatic heterocycles. The van der Waals surface area contributed by atoms with Crippen molar-refractivity contribution in [3.63, 3.8) is 0 Å². The van der Waals surface area contributed by atoms with Gasteiger partial charge in [-0.1, -0.05) is 6.07 Å². The van der Waals surface area contributed by atoms with E-state index in [4.69, 9.17) is 0 Å². The maximum Gasteiger partial charge on any atom is 0.255 e. The Hall–Kier alpha value is -2.63. The largest absolute Gasteiger partial charge is 0.332 e. The summed E-state index contributed by atoms with van der Waals surface area (Å²) in [5.74, 6) is 0.156. The maximum atomic E-state index is 13.6. The van der Waals surface area contributed by atoms with Gasteiger partial charge < -0.3 is 4.90 Å². The van der Waals surface area contributed by atoms with Crippen molar-refractivity contribution in [2.45, 2.75) is 64.1 Å². The highest BCUT2D eigenvalue weighted by Gasteiger charge is 2.39. The number of fused-ring (bicyclic) bond motifs is 2. The summed E-state index contributed by atoms with van der Waals surface area (Å²) in [4.78, 5) is 15.8. The fourth-order valence-electron chi connectivity index (χ4n) is 4.42. The van der Waals surface area contributed by atoms with Gasteiger partial charge in [0.25, 0.3) is 5.91 Å². The summed E-state index contributed by atoms with van der Waals surface area (Å²) in [6.45, 7) is 4.23. The van der Waals surface area contributed by atoms with Crippen molar-refractivity contribution in [3.8, 4) is 0 Å². The van der Waals surface area contributed by atoms with Gasteiger partial charge in [0.15, 0.2) is 0 Å². The Morgan fingerprint density at radius 2 is 2.07 bits per heavy atom. The average molecular weight is 363 g/mol. The number of hydrogen-bond acceptors (Lipinski definition) is 3. The first-order valence-corrected chi connectivity index (χ1v) is 9.93. The van der Waals surface area contributed by atoms with Gasteiger partial charge in [-0.2, -0.15) is 10.2 Å². The first kappa shape index (κ1) is 16.5. The van der Waals surface area contributed by atoms with Crippen LogP contribution in [0.25, 0.3) is 10.9 Å². The molecule has 3 aromatic rings. The van der Waals surface area contributed by atoms with Gasteiger partial charge in [0.1, 0.15) is 0 Å². The van der Waals surface area contributed by atoms with Crippen LogP contribution in [-0.4, -0.2) is 42.9 Å². The number of rotatable bonds is 4. The molecule has 1 amide bonds. The number of carbonyl (C=O) groups excluding carboxylic acids is 1. The average Bonchev–Trinajstić information content (AvgIpc) is 3.21. The fraction of sp³-hybridized carbons (Fsp3) is 0.476. The van der Waals surface area contributed by atoms with Gasteiger partial charge in [0.05, 0.1) is 23.5 Å². The number of aromatic nitrogens is 4. The Kier molecular flexibility index (Phi) is 3.81. The summed E-state index contributed by atoms with van der Waals surface area (Å²) < 4.78 is 1.99. The molecule has 2 heterocycles. The van der Waals surface area contributed by atoms with E-state index in [2.05, 4.69) is 40.1 Å². The Bertz CT molecular complexity index is 997. The number of nitrogens with zero attached hydrogens (tertiary/aromatic N) is 4. The third-order valence-electron chi connectivity index (χ3n) is 5.92. The zero-order valence-corrected chi connectivity index (χ0v) is 15.9. The molecule has 140 valence electrons. The second-order valence-corrected chi connectivity index (χ2v) is 8.14. The molecular formula is C21H25N5O. The van der Waals surface area contributed by atoms with E-state index in [1.807, 2.05) is 29.2 Å². The molecule has 2 aliphatic rings. The lowest BCUT2D eigenvalue weighted by Gasteiger charge is -2.34. The van der Waals surface area contributed by atoms with E-state index in [1.54, 1.807) is 0 Å². The van der Waals surface area contributed by atoms with Crippen molar-refractivity contribution in [3.05, 3.63) is 47.4 Å². The quantitative estimate of drug-likeness (QED) is 0.771. The SMILES string of the molecule is CC(C)n1ncc2c(C(=O)N(C3CC3)C3CCc4[nH]ncc4C3)cccc21. The molecule has 0 radical (unpaired) electrons. The maximum absolute atomic E-state index is 13.6. The minimum Gasteiger partial charge on any atom is -0.332 e. The van der Waals surface area contributed by atoms with Crippen LogP contribution in [0, 0.1) is 0 Å². The minimum atomic E-state index is 0.156. The van der Waals surface area contributed by atoms with E-state index in [9.17, 15) is 4.79 Å². The van der Waals surface area contributed by atoms with Gasteiger partial charge >= 0.3 is 0 Å². The second-order valence-electron chi connectivity index (χ2n) is 8.14. The van der Waals surface area contributed by atoms with Gasteiger partial charge in [-0.15, -0.1) is 0 Å². The molecule has 0 saturated heterocycles. The lowest BCUT2D eigenvalue weighted by atomic mass is 9.91. The lowest BCUT2D eigenvalue weighted by molar-refractivity contribution is 0.0645. The molecule has 27 heavy (non-hydrogen) atoms. The lowest BCUT2D eigenvalue weighted by Crippen LogP contribution is -2.44. The summed E-state index contributed by atoms with van der Waals surface area (Å²) in [6.07, 6.45) is 8.86. The molecule has 2 aromatic heterocycles. The number of benzene rings is 1. The number of aromatic amines is 1. The molecule has 6 nitrogen and oxygen atoms in total. The number of H-pyrrole nitrogens is 1. The second kappa shape index (κ2) is 6.22. The number of hydrogen-bond donors (Lipinski definition) is 1. The first-order valence-electron chi connectivity index (χ1n) is 9.93. The highest BCUT2D eigenvalue weighted by molar-refractivity contribution is 6.06. The molecule has 1 fully saturated rings. The summed E-state index contributed by atoms with van der Waals surface area (Å²) >= 11 is 0. The molecule has 1 atom stereocenters. The third-order valence-corrected chi connectivity index (χ3v) is 5.92. The van der Waals surface area contributed by atoms with Crippen LogP contribution in [0.5, 0.6) is 0 Å². The molecular weight excluding hydrogens is 338 g/mol. The molecule has 1 unspecified atom stereocenters. The molecule has 1 aromatic carbocycles. The van der Waals surface area contributed by atoms with E-state index in [1.165, 1.54) is 11.3 Å². The van der Waals surface area contributed by atoms with Crippen LogP contribution in [0.3, 0.4) is 0 Å². The van der Waals surface area contributed by atoms with Crippen LogP contribution in [0.15, 0.2) is 30.6 Å². The molecule has 1 saturated carbocycles. The first-order chi connectivity index (χ1) is 13.1. The minimum absolute atomic E-state index is 0.156. The Labute approximate surface area is 158 Å². The molecule has 1 N–H and O–H groups in total. The summed E-state index contributed by atoms with van der Waals surface area (Å²) in [5.41, 5.74) is 4.31. The van der Waals surface area contributed by atoms with Crippen molar-refractivity contribution < 1.29 is 4.79 Å². The van der Waals surface area contributed by atoms with Crippen molar-refractivity contribution in [2.75, 3.05) is 0 Å². The summed E-state index contributed by atoms with van der Waals surface area (Å²) in [7, 11) is 0. The smallest absolute Gasteiger partial charge is 0.255 e. The highest BCUT2D eigenvalue weighted by Crippen LogP contribution is 2.35. The molecule has 0 spiro atoms. The summed E-state index contributed by atoms with van der Waals surface area (Å²) in [6, 6.07) is 6.90. The van der Waals surface area contributed by atoms with Gasteiger partial charge in [-0.05, 0) is 63.6 Å². The van der Waals surface area contributed by atoms with Crippen LogP contribution in [0.2, 0.25) is 0 Å². The van der Waals surface area contributed by atoms with Crippen LogP contribution >= 0.6 is 0 Å². The fourth-order valence-corrected chi connectivity index (χ4v) is 4.42. The topological polar surface area (TPSA) is 66.8 Å². The van der Waals surface area contributed by atoms with Crippen LogP contribution in [-0.2, 0) is 12.8 Å². The van der Waals surface area contributed by atoms with E-state index >= 15 is 0 Å².